The lowest BCUT2D eigenvalue weighted by atomic mass is 10.2. The molecule has 0 fully saturated rings. The van der Waals surface area contributed by atoms with Gasteiger partial charge in [0, 0.05) is 6.07 Å². The van der Waals surface area contributed by atoms with Crippen molar-refractivity contribution >= 4 is 28.7 Å². The summed E-state index contributed by atoms with van der Waals surface area (Å²) in [6.45, 7) is 6.19. The molecule has 1 rings (SSSR count). The van der Waals surface area contributed by atoms with Crippen molar-refractivity contribution in [2.24, 2.45) is 0 Å². The Labute approximate surface area is 120 Å². The number of nitrogens with zero attached hydrogens (tertiary/aromatic N) is 1. The number of halogens is 1. The van der Waals surface area contributed by atoms with Gasteiger partial charge in [-0.05, 0) is 49.4 Å². The molecule has 1 aromatic heterocycles. The number of hydrogen-bond donors (Lipinski definition) is 1. The number of hydrogen-bond acceptors (Lipinski definition) is 4. The summed E-state index contributed by atoms with van der Waals surface area (Å²) in [5.41, 5.74) is -0.484. The van der Waals surface area contributed by atoms with Crippen molar-refractivity contribution in [3.8, 4) is 5.88 Å². The molecular formula is C12H17IN2O3. The van der Waals surface area contributed by atoms with Crippen LogP contribution >= 0.6 is 22.6 Å². The Morgan fingerprint density at radius 3 is 2.78 bits per heavy atom. The van der Waals surface area contributed by atoms with Gasteiger partial charge >= 0.3 is 6.09 Å². The van der Waals surface area contributed by atoms with Crippen LogP contribution in [0.25, 0.3) is 0 Å². The highest BCUT2D eigenvalue weighted by atomic mass is 127. The van der Waals surface area contributed by atoms with E-state index in [1.807, 2.05) is 32.9 Å². The van der Waals surface area contributed by atoms with Gasteiger partial charge in [-0.2, -0.15) is 0 Å². The second-order valence-corrected chi connectivity index (χ2v) is 5.68. The topological polar surface area (TPSA) is 60.5 Å². The summed E-state index contributed by atoms with van der Waals surface area (Å²) in [6.07, 6.45) is -0.443. The number of ether oxygens (including phenoxy) is 2. The first-order valence-electron chi connectivity index (χ1n) is 5.59. The van der Waals surface area contributed by atoms with E-state index in [0.29, 0.717) is 19.0 Å². The molecule has 1 heterocycles. The summed E-state index contributed by atoms with van der Waals surface area (Å²) in [4.78, 5) is 15.5. The first kappa shape index (κ1) is 15.0. The third-order valence-electron chi connectivity index (χ3n) is 1.71. The van der Waals surface area contributed by atoms with Crippen LogP contribution in [0.2, 0.25) is 0 Å². The van der Waals surface area contributed by atoms with Crippen molar-refractivity contribution in [3.05, 3.63) is 21.9 Å². The number of carbonyl (C=O) groups excluding carboxylic acids is 1. The predicted molar refractivity (Wildman–Crippen MR) is 76.7 cm³/mol. The van der Waals surface area contributed by atoms with Crippen LogP contribution in [0.15, 0.2) is 18.2 Å². The van der Waals surface area contributed by atoms with Crippen LogP contribution < -0.4 is 10.1 Å². The van der Waals surface area contributed by atoms with Gasteiger partial charge in [0.15, 0.2) is 0 Å². The van der Waals surface area contributed by atoms with Gasteiger partial charge in [0.05, 0.1) is 6.54 Å². The molecule has 0 aliphatic carbocycles. The Morgan fingerprint density at radius 2 is 2.17 bits per heavy atom. The number of nitrogens with one attached hydrogen (secondary N) is 1. The molecule has 0 bridgehead atoms. The maximum Gasteiger partial charge on any atom is 0.407 e. The van der Waals surface area contributed by atoms with Gasteiger partial charge in [-0.25, -0.2) is 9.78 Å². The molecule has 0 spiro atoms. The summed E-state index contributed by atoms with van der Waals surface area (Å²) >= 11 is 2.11. The Hall–Kier alpha value is -1.05. The fourth-order valence-corrected chi connectivity index (χ4v) is 1.54. The van der Waals surface area contributed by atoms with Crippen molar-refractivity contribution < 1.29 is 14.3 Å². The van der Waals surface area contributed by atoms with E-state index in [1.165, 1.54) is 0 Å². The Morgan fingerprint density at radius 1 is 1.44 bits per heavy atom. The normalized spacial score (nSPS) is 10.9. The van der Waals surface area contributed by atoms with Crippen molar-refractivity contribution in [3.63, 3.8) is 0 Å². The van der Waals surface area contributed by atoms with Crippen molar-refractivity contribution in [2.75, 3.05) is 13.2 Å². The molecule has 0 unspecified atom stereocenters. The smallest absolute Gasteiger partial charge is 0.407 e. The second-order valence-electron chi connectivity index (χ2n) is 4.58. The number of carbonyl (C=O) groups is 1. The van der Waals surface area contributed by atoms with Crippen LogP contribution in [-0.2, 0) is 4.74 Å². The molecule has 5 nitrogen and oxygen atoms in total. The van der Waals surface area contributed by atoms with Gasteiger partial charge in [0.2, 0.25) is 5.88 Å². The molecule has 0 aromatic carbocycles. The summed E-state index contributed by atoms with van der Waals surface area (Å²) in [7, 11) is 0. The highest BCUT2D eigenvalue weighted by Crippen LogP contribution is 2.09. The lowest BCUT2D eigenvalue weighted by molar-refractivity contribution is 0.0520. The Kier molecular flexibility index (Phi) is 5.64. The maximum atomic E-state index is 11.3. The molecule has 1 aromatic rings. The fourth-order valence-electron chi connectivity index (χ4n) is 1.09. The number of aromatic nitrogens is 1. The first-order valence-corrected chi connectivity index (χ1v) is 6.67. The molecule has 0 saturated carbocycles. The fraction of sp³-hybridized carbons (Fsp3) is 0.500. The predicted octanol–water partition coefficient (Wildman–Crippen LogP) is 2.59. The highest BCUT2D eigenvalue weighted by Gasteiger charge is 2.15. The van der Waals surface area contributed by atoms with E-state index in [2.05, 4.69) is 32.9 Å². The Bertz CT molecular complexity index is 405. The van der Waals surface area contributed by atoms with E-state index in [9.17, 15) is 4.79 Å². The molecule has 0 radical (unpaired) electrons. The number of pyridine rings is 1. The second kappa shape index (κ2) is 6.77. The quantitative estimate of drug-likeness (QED) is 0.507. The van der Waals surface area contributed by atoms with Gasteiger partial charge in [-0.1, -0.05) is 6.07 Å². The minimum Gasteiger partial charge on any atom is -0.476 e. The Balaban J connectivity index is 2.21. The van der Waals surface area contributed by atoms with E-state index in [1.54, 1.807) is 6.07 Å². The van der Waals surface area contributed by atoms with Crippen molar-refractivity contribution in [2.45, 2.75) is 26.4 Å². The van der Waals surface area contributed by atoms with Crippen LogP contribution in [0.1, 0.15) is 20.8 Å². The van der Waals surface area contributed by atoms with E-state index in [-0.39, 0.29) is 0 Å². The standard InChI is InChI=1S/C12H17IN2O3/c1-12(2,3)18-11(16)14-7-8-17-10-6-4-5-9(13)15-10/h4-6H,7-8H2,1-3H3,(H,14,16). The molecule has 0 saturated heterocycles. The molecule has 0 atom stereocenters. The number of amides is 1. The molecular weight excluding hydrogens is 347 g/mol. The average Bonchev–Trinajstić information content (AvgIpc) is 2.22. The molecule has 6 heteroatoms. The van der Waals surface area contributed by atoms with E-state index >= 15 is 0 Å². The van der Waals surface area contributed by atoms with Crippen LogP contribution in [0, 0.1) is 3.70 Å². The molecule has 100 valence electrons. The molecule has 1 amide bonds. The van der Waals surface area contributed by atoms with Gasteiger partial charge in [-0.3, -0.25) is 0 Å². The third kappa shape index (κ3) is 6.63. The zero-order valence-electron chi connectivity index (χ0n) is 10.7. The van der Waals surface area contributed by atoms with E-state index in [4.69, 9.17) is 9.47 Å². The van der Waals surface area contributed by atoms with Crippen molar-refractivity contribution in [1.82, 2.24) is 10.3 Å². The summed E-state index contributed by atoms with van der Waals surface area (Å²) in [5.74, 6) is 0.549. The van der Waals surface area contributed by atoms with Crippen LogP contribution in [0.3, 0.4) is 0 Å². The highest BCUT2D eigenvalue weighted by molar-refractivity contribution is 14.1. The van der Waals surface area contributed by atoms with Crippen LogP contribution in [-0.4, -0.2) is 29.8 Å². The summed E-state index contributed by atoms with van der Waals surface area (Å²) in [6, 6.07) is 5.52. The number of alkyl carbamates (subject to hydrolysis) is 1. The lowest BCUT2D eigenvalue weighted by Crippen LogP contribution is -2.34. The monoisotopic (exact) mass is 364 g/mol. The summed E-state index contributed by atoms with van der Waals surface area (Å²) in [5, 5.41) is 2.61. The van der Waals surface area contributed by atoms with Gasteiger partial charge in [0.1, 0.15) is 15.9 Å². The lowest BCUT2D eigenvalue weighted by Gasteiger charge is -2.19. The van der Waals surface area contributed by atoms with Crippen LogP contribution in [0.4, 0.5) is 4.79 Å². The first-order chi connectivity index (χ1) is 8.37. The largest absolute Gasteiger partial charge is 0.476 e. The SMILES string of the molecule is CC(C)(C)OC(=O)NCCOc1cccc(I)n1. The summed E-state index contributed by atoms with van der Waals surface area (Å²) < 4.78 is 11.3. The minimum absolute atomic E-state index is 0.354. The molecule has 1 N–H and O–H groups in total. The average molecular weight is 364 g/mol. The molecule has 0 aliphatic heterocycles. The minimum atomic E-state index is -0.484. The zero-order chi connectivity index (χ0) is 13.6. The third-order valence-corrected chi connectivity index (χ3v) is 2.31. The van der Waals surface area contributed by atoms with Crippen molar-refractivity contribution in [1.29, 1.82) is 0 Å². The van der Waals surface area contributed by atoms with Gasteiger partial charge in [-0.15, -0.1) is 0 Å². The van der Waals surface area contributed by atoms with Crippen LogP contribution in [0.5, 0.6) is 5.88 Å². The zero-order valence-corrected chi connectivity index (χ0v) is 12.9. The maximum absolute atomic E-state index is 11.3. The number of rotatable bonds is 4. The van der Waals surface area contributed by atoms with Gasteiger partial charge < -0.3 is 14.8 Å². The molecule has 0 aliphatic rings. The van der Waals surface area contributed by atoms with Gasteiger partial charge in [0.25, 0.3) is 0 Å². The molecule has 18 heavy (non-hydrogen) atoms. The van der Waals surface area contributed by atoms with E-state index < -0.39 is 11.7 Å². The van der Waals surface area contributed by atoms with E-state index in [0.717, 1.165) is 3.70 Å².